The monoisotopic (exact) mass is 448 g/mol. The van der Waals surface area contributed by atoms with Gasteiger partial charge in [0.2, 0.25) is 0 Å². The van der Waals surface area contributed by atoms with Crippen LogP contribution < -0.4 is 0 Å². The van der Waals surface area contributed by atoms with Crippen LogP contribution in [0.4, 0.5) is 0 Å². The van der Waals surface area contributed by atoms with Crippen molar-refractivity contribution < 1.29 is 4.79 Å². The van der Waals surface area contributed by atoms with Crippen molar-refractivity contribution in [3.63, 3.8) is 0 Å². The van der Waals surface area contributed by atoms with E-state index >= 15 is 0 Å². The molecule has 4 rings (SSSR count). The Hall–Kier alpha value is -2.27. The third-order valence-electron chi connectivity index (χ3n) is 5.54. The Morgan fingerprint density at radius 1 is 0.759 bits per heavy atom. The van der Waals surface area contributed by atoms with E-state index < -0.39 is 0 Å². The molecule has 0 radical (unpaired) electrons. The number of hydrogen-bond acceptors (Lipinski definition) is 3. The Labute approximate surface area is 181 Å². The van der Waals surface area contributed by atoms with E-state index in [9.17, 15) is 4.79 Å². The number of nitrogens with zero attached hydrogens (tertiary/aromatic N) is 2. The van der Waals surface area contributed by atoms with Gasteiger partial charge in [0, 0.05) is 36.2 Å². The summed E-state index contributed by atoms with van der Waals surface area (Å²) >= 11 is 3.42. The Bertz CT molecular complexity index is 881. The lowest BCUT2D eigenvalue weighted by molar-refractivity contribution is 0.0808. The lowest BCUT2D eigenvalue weighted by Gasteiger charge is -2.39. The van der Waals surface area contributed by atoms with E-state index in [4.69, 9.17) is 0 Å². The van der Waals surface area contributed by atoms with Crippen LogP contribution in [0.3, 0.4) is 0 Å². The molecule has 4 heteroatoms. The largest absolute Gasteiger partial charge is 0.293 e. The number of benzene rings is 3. The maximum Gasteiger partial charge on any atom is 0.176 e. The van der Waals surface area contributed by atoms with E-state index in [1.807, 2.05) is 24.3 Å². The first-order chi connectivity index (χ1) is 14.2. The first kappa shape index (κ1) is 20.0. The normalized spacial score (nSPS) is 15.5. The predicted molar refractivity (Wildman–Crippen MR) is 121 cm³/mol. The van der Waals surface area contributed by atoms with Gasteiger partial charge < -0.3 is 0 Å². The van der Waals surface area contributed by atoms with Crippen LogP contribution >= 0.6 is 15.9 Å². The van der Waals surface area contributed by atoms with E-state index in [2.05, 4.69) is 86.4 Å². The SMILES string of the molecule is O=C(CN1CCN(C(c2ccccc2)c2ccccc2)CC1)c1ccc(Br)cc1. The van der Waals surface area contributed by atoms with Gasteiger partial charge in [-0.05, 0) is 23.3 Å². The summed E-state index contributed by atoms with van der Waals surface area (Å²) in [5.41, 5.74) is 3.42. The highest BCUT2D eigenvalue weighted by Crippen LogP contribution is 2.29. The van der Waals surface area contributed by atoms with Crippen molar-refractivity contribution in [2.75, 3.05) is 32.7 Å². The molecule has 1 fully saturated rings. The zero-order chi connectivity index (χ0) is 20.1. The fourth-order valence-corrected chi connectivity index (χ4v) is 4.26. The van der Waals surface area contributed by atoms with Crippen molar-refractivity contribution in [3.8, 4) is 0 Å². The van der Waals surface area contributed by atoms with Crippen LogP contribution in [0.25, 0.3) is 0 Å². The number of hydrogen-bond donors (Lipinski definition) is 0. The molecule has 0 aliphatic carbocycles. The van der Waals surface area contributed by atoms with Gasteiger partial charge in [0.15, 0.2) is 5.78 Å². The summed E-state index contributed by atoms with van der Waals surface area (Å²) in [5, 5.41) is 0. The van der Waals surface area contributed by atoms with E-state index in [-0.39, 0.29) is 11.8 Å². The smallest absolute Gasteiger partial charge is 0.176 e. The number of ketones is 1. The van der Waals surface area contributed by atoms with E-state index in [1.165, 1.54) is 11.1 Å². The number of halogens is 1. The summed E-state index contributed by atoms with van der Waals surface area (Å²) < 4.78 is 0.996. The molecule has 3 aromatic rings. The summed E-state index contributed by atoms with van der Waals surface area (Å²) in [4.78, 5) is 17.4. The second-order valence-corrected chi connectivity index (χ2v) is 8.38. The van der Waals surface area contributed by atoms with Crippen molar-refractivity contribution in [1.29, 1.82) is 0 Å². The van der Waals surface area contributed by atoms with Crippen LogP contribution in [-0.2, 0) is 0 Å². The molecule has 3 nitrogen and oxygen atoms in total. The lowest BCUT2D eigenvalue weighted by atomic mass is 9.96. The van der Waals surface area contributed by atoms with Crippen LogP contribution in [0.15, 0.2) is 89.4 Å². The average molecular weight is 449 g/mol. The molecule has 0 aromatic heterocycles. The van der Waals surface area contributed by atoms with Gasteiger partial charge in [-0.25, -0.2) is 0 Å². The number of piperazine rings is 1. The molecule has 1 heterocycles. The van der Waals surface area contributed by atoms with Crippen LogP contribution in [0.5, 0.6) is 0 Å². The lowest BCUT2D eigenvalue weighted by Crippen LogP contribution is -2.49. The average Bonchev–Trinajstić information content (AvgIpc) is 2.77. The highest BCUT2D eigenvalue weighted by molar-refractivity contribution is 9.10. The van der Waals surface area contributed by atoms with Crippen LogP contribution in [0.2, 0.25) is 0 Å². The second kappa shape index (κ2) is 9.49. The fourth-order valence-electron chi connectivity index (χ4n) is 3.99. The fraction of sp³-hybridized carbons (Fsp3) is 0.240. The second-order valence-electron chi connectivity index (χ2n) is 7.47. The van der Waals surface area contributed by atoms with Crippen LogP contribution in [0.1, 0.15) is 27.5 Å². The minimum absolute atomic E-state index is 0.189. The molecule has 0 bridgehead atoms. The minimum Gasteiger partial charge on any atom is -0.293 e. The summed E-state index contributed by atoms with van der Waals surface area (Å²) in [6.45, 7) is 4.18. The molecule has 1 aliphatic heterocycles. The van der Waals surface area contributed by atoms with Crippen LogP contribution in [0, 0.1) is 0 Å². The van der Waals surface area contributed by atoms with Crippen molar-refractivity contribution in [2.24, 2.45) is 0 Å². The maximum absolute atomic E-state index is 12.6. The number of carbonyl (C=O) groups is 1. The number of carbonyl (C=O) groups excluding carboxylic acids is 1. The standard InChI is InChI=1S/C25H25BrN2O/c26-23-13-11-20(12-14-23)24(29)19-27-15-17-28(18-16-27)25(21-7-3-1-4-8-21)22-9-5-2-6-10-22/h1-14,25H,15-19H2. The van der Waals surface area contributed by atoms with E-state index in [0.717, 1.165) is 36.2 Å². The Balaban J connectivity index is 1.43. The van der Waals surface area contributed by atoms with Gasteiger partial charge in [-0.15, -0.1) is 0 Å². The number of rotatable bonds is 6. The molecule has 0 N–H and O–H groups in total. The van der Waals surface area contributed by atoms with Crippen molar-refractivity contribution >= 4 is 21.7 Å². The quantitative estimate of drug-likeness (QED) is 0.493. The topological polar surface area (TPSA) is 23.6 Å². The van der Waals surface area contributed by atoms with Gasteiger partial charge in [0.05, 0.1) is 12.6 Å². The van der Waals surface area contributed by atoms with Crippen molar-refractivity contribution in [1.82, 2.24) is 9.80 Å². The molecule has 1 saturated heterocycles. The van der Waals surface area contributed by atoms with Gasteiger partial charge in [-0.3, -0.25) is 14.6 Å². The van der Waals surface area contributed by atoms with E-state index in [1.54, 1.807) is 0 Å². The third kappa shape index (κ3) is 5.02. The predicted octanol–water partition coefficient (Wildman–Crippen LogP) is 5.04. The van der Waals surface area contributed by atoms with Crippen molar-refractivity contribution in [3.05, 3.63) is 106 Å². The van der Waals surface area contributed by atoms with Gasteiger partial charge in [0.1, 0.15) is 0 Å². The van der Waals surface area contributed by atoms with Crippen molar-refractivity contribution in [2.45, 2.75) is 6.04 Å². The van der Waals surface area contributed by atoms with Gasteiger partial charge >= 0.3 is 0 Å². The molecule has 0 atom stereocenters. The molecular formula is C25H25BrN2O. The third-order valence-corrected chi connectivity index (χ3v) is 6.06. The Morgan fingerprint density at radius 3 is 1.79 bits per heavy atom. The van der Waals surface area contributed by atoms with Gasteiger partial charge in [-0.2, -0.15) is 0 Å². The maximum atomic E-state index is 12.6. The number of Topliss-reactive ketones (excluding diaryl/α,β-unsaturated/α-hetero) is 1. The van der Waals surface area contributed by atoms with Crippen LogP contribution in [-0.4, -0.2) is 48.3 Å². The minimum atomic E-state index is 0.189. The first-order valence-electron chi connectivity index (χ1n) is 10.1. The summed E-state index contributed by atoms with van der Waals surface area (Å²) in [5.74, 6) is 0.189. The first-order valence-corrected chi connectivity index (χ1v) is 10.8. The molecule has 0 spiro atoms. The Kier molecular flexibility index (Phi) is 6.55. The highest BCUT2D eigenvalue weighted by atomic mass is 79.9. The Morgan fingerprint density at radius 2 is 1.28 bits per heavy atom. The molecule has 148 valence electrons. The highest BCUT2D eigenvalue weighted by Gasteiger charge is 2.27. The summed E-state index contributed by atoms with van der Waals surface area (Å²) in [7, 11) is 0. The van der Waals surface area contributed by atoms with Gasteiger partial charge in [-0.1, -0.05) is 88.7 Å². The van der Waals surface area contributed by atoms with E-state index in [0.29, 0.717) is 6.54 Å². The van der Waals surface area contributed by atoms with Gasteiger partial charge in [0.25, 0.3) is 0 Å². The zero-order valence-corrected chi connectivity index (χ0v) is 18.0. The molecular weight excluding hydrogens is 424 g/mol. The zero-order valence-electron chi connectivity index (χ0n) is 16.4. The molecule has 0 amide bonds. The molecule has 29 heavy (non-hydrogen) atoms. The summed E-state index contributed by atoms with van der Waals surface area (Å²) in [6, 6.07) is 29.3. The molecule has 3 aromatic carbocycles. The molecule has 0 unspecified atom stereocenters. The summed E-state index contributed by atoms with van der Waals surface area (Å²) in [6.07, 6.45) is 0. The molecule has 1 aliphatic rings. The molecule has 0 saturated carbocycles.